The van der Waals surface area contributed by atoms with Gasteiger partial charge in [-0.15, -0.1) is 0 Å². The number of fused-ring (bicyclic) bond motifs is 1. The molecule has 0 spiro atoms. The maximum Gasteiger partial charge on any atom is 0.283 e. The molecule has 0 unspecified atom stereocenters. The van der Waals surface area contributed by atoms with Crippen molar-refractivity contribution in [3.05, 3.63) is 32.1 Å². The Kier molecular flexibility index (Phi) is 3.32. The molecule has 5 nitrogen and oxygen atoms in total. The lowest BCUT2D eigenvalue weighted by Gasteiger charge is -2.06. The summed E-state index contributed by atoms with van der Waals surface area (Å²) in [7, 11) is 0. The average molecular weight is 345 g/mol. The van der Waals surface area contributed by atoms with E-state index in [0.717, 1.165) is 10.1 Å². The van der Waals surface area contributed by atoms with Crippen LogP contribution in [-0.2, 0) is 6.54 Å². The van der Waals surface area contributed by atoms with E-state index in [1.165, 1.54) is 12.3 Å². The van der Waals surface area contributed by atoms with Gasteiger partial charge in [0.15, 0.2) is 0 Å². The van der Waals surface area contributed by atoms with Crippen molar-refractivity contribution in [2.75, 3.05) is 0 Å². The summed E-state index contributed by atoms with van der Waals surface area (Å²) in [4.78, 5) is 14.9. The van der Waals surface area contributed by atoms with E-state index in [1.54, 1.807) is 0 Å². The third kappa shape index (κ3) is 2.26. The lowest BCUT2D eigenvalue weighted by Crippen LogP contribution is -2.03. The van der Waals surface area contributed by atoms with Gasteiger partial charge in [0.1, 0.15) is 11.0 Å². The van der Waals surface area contributed by atoms with Gasteiger partial charge in [-0.3, -0.25) is 10.1 Å². The minimum Gasteiger partial charge on any atom is -0.331 e. The van der Waals surface area contributed by atoms with E-state index in [9.17, 15) is 10.1 Å². The first-order valence-electron chi connectivity index (χ1n) is 5.28. The first-order chi connectivity index (χ1) is 8.00. The van der Waals surface area contributed by atoms with Gasteiger partial charge in [0, 0.05) is 28.6 Å². The zero-order valence-electron chi connectivity index (χ0n) is 9.55. The van der Waals surface area contributed by atoms with Crippen LogP contribution in [0.15, 0.2) is 18.5 Å². The van der Waals surface area contributed by atoms with E-state index in [0.29, 0.717) is 17.0 Å². The van der Waals surface area contributed by atoms with Gasteiger partial charge < -0.3 is 4.57 Å². The zero-order valence-corrected chi connectivity index (χ0v) is 11.7. The smallest absolute Gasteiger partial charge is 0.283 e. The summed E-state index contributed by atoms with van der Waals surface area (Å²) < 4.78 is 2.85. The number of rotatable bonds is 3. The van der Waals surface area contributed by atoms with Crippen molar-refractivity contribution in [2.45, 2.75) is 20.4 Å². The van der Waals surface area contributed by atoms with E-state index >= 15 is 0 Å². The second-order valence-corrected chi connectivity index (χ2v) is 5.47. The highest BCUT2D eigenvalue weighted by Gasteiger charge is 2.19. The number of nitrogens with zero attached hydrogens (tertiary/aromatic N) is 3. The van der Waals surface area contributed by atoms with E-state index in [2.05, 4.69) is 41.4 Å². The van der Waals surface area contributed by atoms with Crippen LogP contribution in [0.4, 0.5) is 5.69 Å². The molecular weight excluding hydrogens is 333 g/mol. The summed E-state index contributed by atoms with van der Waals surface area (Å²) in [6.07, 6.45) is 3.42. The Hall–Kier alpha value is -1.18. The van der Waals surface area contributed by atoms with Gasteiger partial charge in [-0.05, 0) is 28.5 Å². The van der Waals surface area contributed by atoms with Crippen LogP contribution in [0, 0.1) is 19.6 Å². The van der Waals surface area contributed by atoms with Crippen LogP contribution in [0.5, 0.6) is 0 Å². The van der Waals surface area contributed by atoms with Crippen LogP contribution in [0.3, 0.4) is 0 Å². The second-order valence-electron chi connectivity index (χ2n) is 4.31. The molecule has 2 aromatic heterocycles. The normalized spacial score (nSPS) is 11.3. The number of hydrogen-bond acceptors (Lipinski definition) is 3. The SMILES string of the molecule is CC(C)Cn1cc(I)c2c([N+](=O)[O-])ccnc21. The summed E-state index contributed by atoms with van der Waals surface area (Å²) in [5.74, 6) is 0.475. The highest BCUT2D eigenvalue weighted by atomic mass is 127. The fourth-order valence-corrected chi connectivity index (χ4v) is 2.69. The van der Waals surface area contributed by atoms with Crippen LogP contribution in [-0.4, -0.2) is 14.5 Å². The topological polar surface area (TPSA) is 61.0 Å². The first-order valence-corrected chi connectivity index (χ1v) is 6.36. The Balaban J connectivity index is 2.68. The molecule has 6 heteroatoms. The molecule has 17 heavy (non-hydrogen) atoms. The van der Waals surface area contributed by atoms with Gasteiger partial charge in [-0.1, -0.05) is 13.8 Å². The standard InChI is InChI=1S/C11H12IN3O2/c1-7(2)5-14-6-8(12)10-9(15(16)17)3-4-13-11(10)14/h3-4,6-7H,5H2,1-2H3. The minimum absolute atomic E-state index is 0.127. The van der Waals surface area contributed by atoms with Gasteiger partial charge in [-0.2, -0.15) is 0 Å². The maximum atomic E-state index is 11.0. The average Bonchev–Trinajstić information content (AvgIpc) is 2.55. The van der Waals surface area contributed by atoms with Crippen LogP contribution in [0.25, 0.3) is 11.0 Å². The van der Waals surface area contributed by atoms with Crippen molar-refractivity contribution in [3.8, 4) is 0 Å². The number of pyridine rings is 1. The van der Waals surface area contributed by atoms with Crippen LogP contribution >= 0.6 is 22.6 Å². The van der Waals surface area contributed by atoms with Gasteiger partial charge in [0.2, 0.25) is 0 Å². The molecule has 2 heterocycles. The molecule has 0 radical (unpaired) electrons. The summed E-state index contributed by atoms with van der Waals surface area (Å²) >= 11 is 2.12. The zero-order chi connectivity index (χ0) is 12.6. The molecule has 0 aliphatic heterocycles. The summed E-state index contributed by atoms with van der Waals surface area (Å²) in [5, 5.41) is 11.6. The first kappa shape index (κ1) is 12.3. The Labute approximate surface area is 112 Å². The van der Waals surface area contributed by atoms with Gasteiger partial charge in [-0.25, -0.2) is 4.98 Å². The summed E-state index contributed by atoms with van der Waals surface area (Å²) in [6.45, 7) is 5.03. The monoisotopic (exact) mass is 345 g/mol. The molecular formula is C11H12IN3O2. The molecule has 0 saturated carbocycles. The predicted molar refractivity (Wildman–Crippen MR) is 73.9 cm³/mol. The molecule has 0 bridgehead atoms. The van der Waals surface area contributed by atoms with Gasteiger partial charge in [0.25, 0.3) is 5.69 Å². The van der Waals surface area contributed by atoms with Crippen molar-refractivity contribution in [2.24, 2.45) is 5.92 Å². The molecule has 0 atom stereocenters. The minimum atomic E-state index is -0.355. The van der Waals surface area contributed by atoms with E-state index in [1.807, 2.05) is 10.8 Å². The van der Waals surface area contributed by atoms with E-state index in [-0.39, 0.29) is 10.6 Å². The van der Waals surface area contributed by atoms with E-state index < -0.39 is 0 Å². The maximum absolute atomic E-state index is 11.0. The molecule has 0 fully saturated rings. The molecule has 0 amide bonds. The fourth-order valence-electron chi connectivity index (χ4n) is 1.84. The highest BCUT2D eigenvalue weighted by Crippen LogP contribution is 2.30. The molecule has 0 aliphatic carbocycles. The Morgan fingerprint density at radius 1 is 1.59 bits per heavy atom. The number of hydrogen-bond donors (Lipinski definition) is 0. The molecule has 0 aliphatic rings. The summed E-state index contributed by atoms with van der Waals surface area (Å²) in [5.41, 5.74) is 0.819. The van der Waals surface area contributed by atoms with Gasteiger partial charge >= 0.3 is 0 Å². The van der Waals surface area contributed by atoms with Crippen molar-refractivity contribution in [1.82, 2.24) is 9.55 Å². The van der Waals surface area contributed by atoms with Crippen LogP contribution in [0.2, 0.25) is 0 Å². The third-order valence-corrected chi connectivity index (χ3v) is 3.27. The van der Waals surface area contributed by atoms with Crippen LogP contribution in [0.1, 0.15) is 13.8 Å². The Morgan fingerprint density at radius 2 is 2.29 bits per heavy atom. The fraction of sp³-hybridized carbons (Fsp3) is 0.364. The Morgan fingerprint density at radius 3 is 2.88 bits per heavy atom. The molecule has 0 saturated heterocycles. The number of halogens is 1. The molecule has 90 valence electrons. The third-order valence-electron chi connectivity index (χ3n) is 2.45. The summed E-state index contributed by atoms with van der Waals surface area (Å²) in [6, 6.07) is 1.45. The Bertz CT molecular complexity index is 577. The molecule has 0 aromatic carbocycles. The van der Waals surface area contributed by atoms with Crippen molar-refractivity contribution in [3.63, 3.8) is 0 Å². The number of nitro groups is 1. The molecule has 2 aromatic rings. The lowest BCUT2D eigenvalue weighted by atomic mass is 10.2. The molecule has 2 rings (SSSR count). The van der Waals surface area contributed by atoms with Crippen molar-refractivity contribution >= 4 is 39.3 Å². The van der Waals surface area contributed by atoms with Crippen LogP contribution < -0.4 is 0 Å². The molecule has 0 N–H and O–H groups in total. The van der Waals surface area contributed by atoms with Gasteiger partial charge in [0.05, 0.1) is 4.92 Å². The van der Waals surface area contributed by atoms with Crippen molar-refractivity contribution < 1.29 is 4.92 Å². The lowest BCUT2D eigenvalue weighted by molar-refractivity contribution is -0.383. The van der Waals surface area contributed by atoms with E-state index in [4.69, 9.17) is 0 Å². The highest BCUT2D eigenvalue weighted by molar-refractivity contribution is 14.1. The van der Waals surface area contributed by atoms with Crippen molar-refractivity contribution in [1.29, 1.82) is 0 Å². The largest absolute Gasteiger partial charge is 0.331 e. The number of aromatic nitrogens is 2. The predicted octanol–water partition coefficient (Wildman–Crippen LogP) is 3.21. The second kappa shape index (κ2) is 4.59. The quantitative estimate of drug-likeness (QED) is 0.488.